The Hall–Kier alpha value is -3.39. The maximum absolute atomic E-state index is 12.6. The molecule has 0 radical (unpaired) electrons. The van der Waals surface area contributed by atoms with Crippen LogP contribution < -0.4 is 15.5 Å². The van der Waals surface area contributed by atoms with E-state index in [9.17, 15) is 19.7 Å². The van der Waals surface area contributed by atoms with Crippen molar-refractivity contribution in [2.24, 2.45) is 0 Å². The number of carbonyl (C=O) groups is 1. The van der Waals surface area contributed by atoms with Crippen molar-refractivity contribution in [1.29, 1.82) is 0 Å². The zero-order valence-corrected chi connectivity index (χ0v) is 14.2. The van der Waals surface area contributed by atoms with E-state index in [0.29, 0.717) is 16.7 Å². The van der Waals surface area contributed by atoms with Crippen molar-refractivity contribution in [3.8, 4) is 5.75 Å². The van der Waals surface area contributed by atoms with E-state index in [1.807, 2.05) is 0 Å². The number of anilines is 1. The van der Waals surface area contributed by atoms with E-state index in [0.717, 1.165) is 6.07 Å². The van der Waals surface area contributed by atoms with Crippen LogP contribution in [-0.2, 0) is 0 Å². The maximum Gasteiger partial charge on any atom is 0.289 e. The fourth-order valence-corrected chi connectivity index (χ4v) is 2.61. The summed E-state index contributed by atoms with van der Waals surface area (Å²) in [4.78, 5) is 38.2. The van der Waals surface area contributed by atoms with Gasteiger partial charge in [0.1, 0.15) is 16.3 Å². The highest BCUT2D eigenvalue weighted by atomic mass is 35.5. The van der Waals surface area contributed by atoms with Gasteiger partial charge in [-0.15, -0.1) is 0 Å². The van der Waals surface area contributed by atoms with Crippen LogP contribution in [0.2, 0.25) is 5.02 Å². The molecule has 9 heteroatoms. The van der Waals surface area contributed by atoms with Gasteiger partial charge in [0.15, 0.2) is 0 Å². The van der Waals surface area contributed by atoms with Gasteiger partial charge < -0.3 is 15.0 Å². The normalized spacial score (nSPS) is 10.5. The van der Waals surface area contributed by atoms with Gasteiger partial charge in [-0.2, -0.15) is 0 Å². The van der Waals surface area contributed by atoms with Crippen LogP contribution in [0.1, 0.15) is 10.4 Å². The predicted molar refractivity (Wildman–Crippen MR) is 97.2 cm³/mol. The maximum atomic E-state index is 12.6. The first-order chi connectivity index (χ1) is 12.4. The number of hydrogen-bond donors (Lipinski definition) is 2. The molecule has 1 amide bonds. The summed E-state index contributed by atoms with van der Waals surface area (Å²) >= 11 is 5.74. The van der Waals surface area contributed by atoms with E-state index in [1.54, 1.807) is 12.1 Å². The quantitative estimate of drug-likeness (QED) is 0.537. The summed E-state index contributed by atoms with van der Waals surface area (Å²) in [7, 11) is 1.47. The molecule has 132 valence electrons. The minimum Gasteiger partial charge on any atom is -0.497 e. The van der Waals surface area contributed by atoms with Crippen LogP contribution in [0.4, 0.5) is 11.4 Å². The van der Waals surface area contributed by atoms with E-state index in [-0.39, 0.29) is 22.0 Å². The highest BCUT2D eigenvalue weighted by molar-refractivity contribution is 6.32. The highest BCUT2D eigenvalue weighted by Crippen LogP contribution is 2.27. The molecule has 3 aromatic rings. The number of ether oxygens (including phenoxy) is 1. The molecule has 0 saturated heterocycles. The second-order valence-corrected chi connectivity index (χ2v) is 5.73. The number of pyridine rings is 1. The third-order valence-corrected chi connectivity index (χ3v) is 4.05. The van der Waals surface area contributed by atoms with Gasteiger partial charge in [-0.05, 0) is 30.3 Å². The number of H-pyrrole nitrogens is 1. The number of hydrogen-bond acceptors (Lipinski definition) is 5. The van der Waals surface area contributed by atoms with E-state index >= 15 is 0 Å². The number of nitrogens with zero attached hydrogens (tertiary/aromatic N) is 1. The van der Waals surface area contributed by atoms with E-state index < -0.39 is 16.3 Å². The monoisotopic (exact) mass is 373 g/mol. The summed E-state index contributed by atoms with van der Waals surface area (Å²) in [6.07, 6.45) is 1.29. The molecule has 0 bridgehead atoms. The first-order valence-electron chi connectivity index (χ1n) is 7.35. The van der Waals surface area contributed by atoms with Gasteiger partial charge in [-0.1, -0.05) is 11.6 Å². The standard InChI is InChI=1S/C17H12ClN3O5/c1-26-10-3-5-14-11(7-10)16(22)12(8-19-14)17(23)20-9-2-4-13(18)15(6-9)21(24)25/h2-8H,1H3,(H,19,22)(H,20,23). The topological polar surface area (TPSA) is 114 Å². The molecular weight excluding hydrogens is 362 g/mol. The molecule has 1 heterocycles. The van der Waals surface area contributed by atoms with Crippen molar-refractivity contribution in [2.45, 2.75) is 0 Å². The molecule has 0 aliphatic heterocycles. The number of nitro benzene ring substituents is 1. The summed E-state index contributed by atoms with van der Waals surface area (Å²) in [6.45, 7) is 0. The fourth-order valence-electron chi connectivity index (χ4n) is 2.42. The zero-order chi connectivity index (χ0) is 18.8. The molecule has 1 aromatic heterocycles. The minimum atomic E-state index is -0.701. The lowest BCUT2D eigenvalue weighted by atomic mass is 10.1. The number of benzene rings is 2. The Balaban J connectivity index is 1.98. The molecule has 0 fully saturated rings. The van der Waals surface area contributed by atoms with Gasteiger partial charge in [0.2, 0.25) is 5.43 Å². The Bertz CT molecular complexity index is 1090. The number of carbonyl (C=O) groups excluding carboxylic acids is 1. The third-order valence-electron chi connectivity index (χ3n) is 3.73. The van der Waals surface area contributed by atoms with E-state index in [4.69, 9.17) is 16.3 Å². The van der Waals surface area contributed by atoms with Crippen molar-refractivity contribution in [2.75, 3.05) is 12.4 Å². The van der Waals surface area contributed by atoms with Crippen molar-refractivity contribution in [3.05, 3.63) is 73.5 Å². The summed E-state index contributed by atoms with van der Waals surface area (Å²) in [5.74, 6) is -0.221. The van der Waals surface area contributed by atoms with E-state index in [2.05, 4.69) is 10.3 Å². The summed E-state index contributed by atoms with van der Waals surface area (Å²) in [6, 6.07) is 8.71. The molecule has 0 saturated carbocycles. The van der Waals surface area contributed by atoms with Gasteiger partial charge in [0.25, 0.3) is 11.6 Å². The lowest BCUT2D eigenvalue weighted by molar-refractivity contribution is -0.384. The Morgan fingerprint density at radius 2 is 2.04 bits per heavy atom. The molecule has 2 aromatic carbocycles. The molecule has 26 heavy (non-hydrogen) atoms. The number of nitro groups is 1. The average Bonchev–Trinajstić information content (AvgIpc) is 2.63. The zero-order valence-electron chi connectivity index (χ0n) is 13.4. The molecule has 2 N–H and O–H groups in total. The van der Waals surface area contributed by atoms with Gasteiger partial charge in [-0.3, -0.25) is 19.7 Å². The number of nitrogens with one attached hydrogen (secondary N) is 2. The number of amides is 1. The number of halogens is 1. The molecule has 8 nitrogen and oxygen atoms in total. The van der Waals surface area contributed by atoms with Gasteiger partial charge >= 0.3 is 0 Å². The molecule has 0 aliphatic carbocycles. The van der Waals surface area contributed by atoms with Crippen LogP contribution in [0.5, 0.6) is 5.75 Å². The van der Waals surface area contributed by atoms with Crippen molar-refractivity contribution >= 4 is 39.8 Å². The van der Waals surface area contributed by atoms with Crippen molar-refractivity contribution < 1.29 is 14.5 Å². The number of aromatic amines is 1. The Morgan fingerprint density at radius 1 is 1.27 bits per heavy atom. The van der Waals surface area contributed by atoms with Crippen LogP contribution in [0, 0.1) is 10.1 Å². The number of aromatic nitrogens is 1. The van der Waals surface area contributed by atoms with Crippen LogP contribution in [0.3, 0.4) is 0 Å². The molecule has 0 spiro atoms. The number of methoxy groups -OCH3 is 1. The second-order valence-electron chi connectivity index (χ2n) is 5.32. The summed E-state index contributed by atoms with van der Waals surface area (Å²) in [5.41, 5.74) is -0.269. The molecule has 0 aliphatic rings. The van der Waals surface area contributed by atoms with Gasteiger partial charge in [-0.25, -0.2) is 0 Å². The number of rotatable bonds is 4. The lowest BCUT2D eigenvalue weighted by Crippen LogP contribution is -2.22. The van der Waals surface area contributed by atoms with Crippen LogP contribution in [0.15, 0.2) is 47.4 Å². The third kappa shape index (κ3) is 3.22. The largest absolute Gasteiger partial charge is 0.497 e. The molecule has 0 atom stereocenters. The smallest absolute Gasteiger partial charge is 0.289 e. The van der Waals surface area contributed by atoms with Crippen molar-refractivity contribution in [1.82, 2.24) is 4.98 Å². The summed E-state index contributed by atoms with van der Waals surface area (Å²) in [5, 5.41) is 13.6. The predicted octanol–water partition coefficient (Wildman–Crippen LogP) is 3.35. The van der Waals surface area contributed by atoms with Crippen LogP contribution in [0.25, 0.3) is 10.9 Å². The molecule has 0 unspecified atom stereocenters. The minimum absolute atomic E-state index is 0.0522. The van der Waals surface area contributed by atoms with E-state index in [1.165, 1.54) is 31.5 Å². The molecular formula is C17H12ClN3O5. The first kappa shape index (κ1) is 17.4. The Kier molecular flexibility index (Phi) is 4.59. The first-order valence-corrected chi connectivity index (χ1v) is 7.73. The highest BCUT2D eigenvalue weighted by Gasteiger charge is 2.17. The second kappa shape index (κ2) is 6.85. The van der Waals surface area contributed by atoms with Gasteiger partial charge in [0, 0.05) is 28.9 Å². The van der Waals surface area contributed by atoms with Gasteiger partial charge in [0.05, 0.1) is 12.0 Å². The SMILES string of the molecule is COc1ccc2[nH]cc(C(=O)Nc3ccc(Cl)c([N+](=O)[O-])c3)c(=O)c2c1. The Labute approximate surface area is 151 Å². The van der Waals surface area contributed by atoms with Crippen LogP contribution >= 0.6 is 11.6 Å². The molecule has 3 rings (SSSR count). The lowest BCUT2D eigenvalue weighted by Gasteiger charge is -2.07. The Morgan fingerprint density at radius 3 is 2.73 bits per heavy atom. The van der Waals surface area contributed by atoms with Crippen molar-refractivity contribution in [3.63, 3.8) is 0 Å². The summed E-state index contributed by atoms with van der Waals surface area (Å²) < 4.78 is 5.09. The van der Waals surface area contributed by atoms with Crippen LogP contribution in [-0.4, -0.2) is 22.9 Å². The average molecular weight is 374 g/mol. The number of fused-ring (bicyclic) bond motifs is 1. The fraction of sp³-hybridized carbons (Fsp3) is 0.0588.